The smallest absolute Gasteiger partial charge is 0.348 e. The number of aromatic carboxylic acids is 1. The van der Waals surface area contributed by atoms with Crippen molar-refractivity contribution in [3.8, 4) is 10.4 Å². The lowest BCUT2D eigenvalue weighted by molar-refractivity contribution is 0.0703. The Balaban J connectivity index is 1.53. The van der Waals surface area contributed by atoms with E-state index >= 15 is 0 Å². The van der Waals surface area contributed by atoms with Crippen molar-refractivity contribution in [2.75, 3.05) is 11.9 Å². The van der Waals surface area contributed by atoms with Gasteiger partial charge in [0.1, 0.15) is 4.88 Å². The number of nitrogens with one attached hydrogen (secondary N) is 2. The molecule has 0 saturated carbocycles. The number of carbonyl (C=O) groups excluding carboxylic acids is 1. The Morgan fingerprint density at radius 1 is 1.00 bits per heavy atom. The van der Waals surface area contributed by atoms with Crippen LogP contribution < -0.4 is 10.6 Å². The van der Waals surface area contributed by atoms with Crippen molar-refractivity contribution >= 4 is 29.0 Å². The van der Waals surface area contributed by atoms with Gasteiger partial charge in [0.05, 0.1) is 5.69 Å². The number of aryl methyl sites for hydroxylation is 2. The maximum atomic E-state index is 12.2. The van der Waals surface area contributed by atoms with E-state index in [4.69, 9.17) is 0 Å². The van der Waals surface area contributed by atoms with Gasteiger partial charge in [-0.2, -0.15) is 0 Å². The highest BCUT2D eigenvalue weighted by Crippen LogP contribution is 2.35. The lowest BCUT2D eigenvalue weighted by Gasteiger charge is -2.07. The monoisotopic (exact) mass is 408 g/mol. The molecule has 1 aromatic heterocycles. The van der Waals surface area contributed by atoms with Gasteiger partial charge in [-0.25, -0.2) is 9.59 Å². The van der Waals surface area contributed by atoms with Gasteiger partial charge in [0.25, 0.3) is 0 Å². The minimum Gasteiger partial charge on any atom is -0.477 e. The predicted octanol–water partition coefficient (Wildman–Crippen LogP) is 5.57. The Labute approximate surface area is 174 Å². The maximum absolute atomic E-state index is 12.2. The minimum absolute atomic E-state index is 0.125. The molecule has 1 heterocycles. The lowest BCUT2D eigenvalue weighted by Crippen LogP contribution is -2.29. The quantitative estimate of drug-likeness (QED) is 0.427. The summed E-state index contributed by atoms with van der Waals surface area (Å²) in [5.41, 5.74) is 3.66. The first-order chi connectivity index (χ1) is 14.0. The molecule has 2 aromatic carbocycles. The van der Waals surface area contributed by atoms with Crippen molar-refractivity contribution in [2.45, 2.75) is 26.2 Å². The summed E-state index contributed by atoms with van der Waals surface area (Å²) in [6, 6.07) is 19.4. The summed E-state index contributed by atoms with van der Waals surface area (Å²) in [7, 11) is 0. The van der Waals surface area contributed by atoms with Crippen molar-refractivity contribution in [1.82, 2.24) is 5.32 Å². The molecule has 29 heavy (non-hydrogen) atoms. The third kappa shape index (κ3) is 5.93. The van der Waals surface area contributed by atoms with Crippen molar-refractivity contribution in [3.05, 3.63) is 76.7 Å². The first-order valence-corrected chi connectivity index (χ1v) is 10.4. The topological polar surface area (TPSA) is 78.4 Å². The summed E-state index contributed by atoms with van der Waals surface area (Å²) < 4.78 is 0. The molecule has 2 amide bonds. The highest BCUT2D eigenvalue weighted by Gasteiger charge is 2.18. The molecule has 5 nitrogen and oxygen atoms in total. The van der Waals surface area contributed by atoms with E-state index in [1.807, 2.05) is 49.4 Å². The molecule has 0 saturated heterocycles. The normalized spacial score (nSPS) is 10.5. The van der Waals surface area contributed by atoms with Crippen molar-refractivity contribution in [2.24, 2.45) is 0 Å². The molecule has 0 bridgehead atoms. The van der Waals surface area contributed by atoms with Crippen LogP contribution in [0.2, 0.25) is 0 Å². The number of carbonyl (C=O) groups is 2. The van der Waals surface area contributed by atoms with Crippen LogP contribution in [0.3, 0.4) is 0 Å². The molecule has 3 rings (SSSR count). The van der Waals surface area contributed by atoms with E-state index < -0.39 is 5.97 Å². The standard InChI is InChI=1S/C23H24N2O3S/c1-16-10-12-18(13-11-16)20-15-19(21(29-20)22(26)27)25-23(28)24-14-6-5-9-17-7-3-2-4-8-17/h2-4,7-8,10-13,15H,5-6,9,14H2,1H3,(H,26,27)(H2,24,25,28). The molecule has 0 aliphatic carbocycles. The number of carboxylic acids is 1. The minimum atomic E-state index is -1.05. The van der Waals surface area contributed by atoms with E-state index in [-0.39, 0.29) is 10.9 Å². The number of anilines is 1. The predicted molar refractivity (Wildman–Crippen MR) is 118 cm³/mol. The van der Waals surface area contributed by atoms with Crippen molar-refractivity contribution in [1.29, 1.82) is 0 Å². The van der Waals surface area contributed by atoms with Crippen LogP contribution in [-0.4, -0.2) is 23.7 Å². The zero-order valence-corrected chi connectivity index (χ0v) is 17.1. The van der Waals surface area contributed by atoms with Crippen molar-refractivity contribution in [3.63, 3.8) is 0 Å². The van der Waals surface area contributed by atoms with Crippen LogP contribution in [0.15, 0.2) is 60.7 Å². The fourth-order valence-corrected chi connectivity index (χ4v) is 3.93. The van der Waals surface area contributed by atoms with Crippen LogP contribution in [0.5, 0.6) is 0 Å². The molecule has 150 valence electrons. The van der Waals surface area contributed by atoms with Gasteiger partial charge < -0.3 is 15.7 Å². The Morgan fingerprint density at radius 2 is 1.72 bits per heavy atom. The number of carboxylic acid groups (broad SMARTS) is 1. The van der Waals surface area contributed by atoms with Crippen LogP contribution in [0.1, 0.15) is 33.6 Å². The van der Waals surface area contributed by atoms with Gasteiger partial charge in [0.2, 0.25) is 0 Å². The van der Waals surface area contributed by atoms with Gasteiger partial charge in [-0.15, -0.1) is 11.3 Å². The molecule has 6 heteroatoms. The van der Waals surface area contributed by atoms with Gasteiger partial charge in [0, 0.05) is 11.4 Å². The van der Waals surface area contributed by atoms with Gasteiger partial charge in [-0.3, -0.25) is 0 Å². The number of urea groups is 1. The third-order valence-electron chi connectivity index (χ3n) is 4.53. The summed E-state index contributed by atoms with van der Waals surface area (Å²) in [5, 5.41) is 15.0. The number of hydrogen-bond donors (Lipinski definition) is 3. The molecule has 0 atom stereocenters. The average Bonchev–Trinajstić information content (AvgIpc) is 3.13. The zero-order chi connectivity index (χ0) is 20.6. The largest absolute Gasteiger partial charge is 0.477 e. The highest BCUT2D eigenvalue weighted by molar-refractivity contribution is 7.18. The number of amides is 2. The molecule has 0 unspecified atom stereocenters. The first-order valence-electron chi connectivity index (χ1n) is 9.56. The Hall–Kier alpha value is -3.12. The van der Waals surface area contributed by atoms with Gasteiger partial charge in [-0.1, -0.05) is 60.2 Å². The van der Waals surface area contributed by atoms with E-state index in [0.717, 1.165) is 46.6 Å². The van der Waals surface area contributed by atoms with E-state index in [1.54, 1.807) is 6.07 Å². The molecule has 0 fully saturated rings. The Kier molecular flexibility index (Phi) is 7.03. The van der Waals surface area contributed by atoms with E-state index in [1.165, 1.54) is 5.56 Å². The number of benzene rings is 2. The third-order valence-corrected chi connectivity index (χ3v) is 5.70. The number of rotatable bonds is 8. The first kappa shape index (κ1) is 20.6. The Bertz CT molecular complexity index is 966. The lowest BCUT2D eigenvalue weighted by atomic mass is 10.1. The van der Waals surface area contributed by atoms with Crippen LogP contribution in [0.25, 0.3) is 10.4 Å². The summed E-state index contributed by atoms with van der Waals surface area (Å²) >= 11 is 1.16. The SMILES string of the molecule is Cc1ccc(-c2cc(NC(=O)NCCCCc3ccccc3)c(C(=O)O)s2)cc1. The van der Waals surface area contributed by atoms with Crippen LogP contribution in [0, 0.1) is 6.92 Å². The molecule has 0 spiro atoms. The summed E-state index contributed by atoms with van der Waals surface area (Å²) in [6.45, 7) is 2.54. The molecular formula is C23H24N2O3S. The van der Waals surface area contributed by atoms with Gasteiger partial charge in [0.15, 0.2) is 0 Å². The fraction of sp³-hybridized carbons (Fsp3) is 0.217. The highest BCUT2D eigenvalue weighted by atomic mass is 32.1. The maximum Gasteiger partial charge on any atom is 0.348 e. The molecular weight excluding hydrogens is 384 g/mol. The molecule has 0 aliphatic heterocycles. The molecule has 3 N–H and O–H groups in total. The number of unbranched alkanes of at least 4 members (excludes halogenated alkanes) is 1. The van der Waals surface area contributed by atoms with E-state index in [0.29, 0.717) is 12.2 Å². The van der Waals surface area contributed by atoms with Crippen molar-refractivity contribution < 1.29 is 14.7 Å². The molecule has 3 aromatic rings. The molecule has 0 aliphatic rings. The Morgan fingerprint density at radius 3 is 2.41 bits per heavy atom. The summed E-state index contributed by atoms with van der Waals surface area (Å²) in [4.78, 5) is 24.7. The number of thiophene rings is 1. The second kappa shape index (κ2) is 9.89. The van der Waals surface area contributed by atoms with Crippen LogP contribution in [-0.2, 0) is 6.42 Å². The molecule has 0 radical (unpaired) electrons. The summed E-state index contributed by atoms with van der Waals surface area (Å²) in [6.07, 6.45) is 2.80. The second-order valence-corrected chi connectivity index (χ2v) is 7.90. The fourth-order valence-electron chi connectivity index (χ4n) is 2.97. The van der Waals surface area contributed by atoms with Gasteiger partial charge in [-0.05, 0) is 43.4 Å². The van der Waals surface area contributed by atoms with E-state index in [2.05, 4.69) is 22.8 Å². The number of hydrogen-bond acceptors (Lipinski definition) is 3. The van der Waals surface area contributed by atoms with E-state index in [9.17, 15) is 14.7 Å². The van der Waals surface area contributed by atoms with Crippen LogP contribution in [0.4, 0.5) is 10.5 Å². The van der Waals surface area contributed by atoms with Crippen LogP contribution >= 0.6 is 11.3 Å². The summed E-state index contributed by atoms with van der Waals surface area (Å²) in [5.74, 6) is -1.05. The zero-order valence-electron chi connectivity index (χ0n) is 16.3. The average molecular weight is 409 g/mol. The van der Waals surface area contributed by atoms with Gasteiger partial charge >= 0.3 is 12.0 Å². The second-order valence-electron chi connectivity index (χ2n) is 6.85.